The highest BCUT2D eigenvalue weighted by Gasteiger charge is 2.21. The van der Waals surface area contributed by atoms with Crippen LogP contribution >= 0.6 is 27.5 Å². The van der Waals surface area contributed by atoms with E-state index in [0.717, 1.165) is 0 Å². The van der Waals surface area contributed by atoms with E-state index in [1.165, 1.54) is 4.90 Å². The predicted molar refractivity (Wildman–Crippen MR) is 86.5 cm³/mol. The third-order valence-electron chi connectivity index (χ3n) is 2.66. The fourth-order valence-electron chi connectivity index (χ4n) is 1.83. The molecule has 1 rings (SSSR count). The minimum absolute atomic E-state index is 0.0505. The van der Waals surface area contributed by atoms with E-state index in [4.69, 9.17) is 16.3 Å². The fraction of sp³-hybridized carbons (Fsp3) is 0.467. The van der Waals surface area contributed by atoms with Crippen molar-refractivity contribution in [3.63, 3.8) is 0 Å². The Morgan fingerprint density at radius 2 is 2.05 bits per heavy atom. The van der Waals surface area contributed by atoms with Crippen LogP contribution in [0.15, 0.2) is 22.7 Å². The molecule has 0 aliphatic rings. The second kappa shape index (κ2) is 8.39. The lowest BCUT2D eigenvalue weighted by molar-refractivity contribution is -0.143. The third kappa shape index (κ3) is 5.67. The summed E-state index contributed by atoms with van der Waals surface area (Å²) < 4.78 is 5.57. The lowest BCUT2D eigenvalue weighted by atomic mass is 10.1. The molecular weight excluding hydrogens is 358 g/mol. The van der Waals surface area contributed by atoms with E-state index in [1.807, 2.05) is 13.8 Å². The van der Waals surface area contributed by atoms with Crippen LogP contribution < -0.4 is 0 Å². The van der Waals surface area contributed by atoms with Gasteiger partial charge in [-0.3, -0.25) is 9.59 Å². The van der Waals surface area contributed by atoms with Crippen molar-refractivity contribution in [1.29, 1.82) is 0 Å². The maximum atomic E-state index is 12.5. The molecule has 0 radical (unpaired) electrons. The standard InChI is InChI=1S/C15H19BrClNO3/c1-4-21-14(19)9-18(8-10(2)3)15(20)11-5-6-13(17)12(16)7-11/h5-7,10H,4,8-9H2,1-3H3. The molecule has 116 valence electrons. The molecular formula is C15H19BrClNO3. The van der Waals surface area contributed by atoms with Gasteiger partial charge in [0, 0.05) is 16.6 Å². The highest BCUT2D eigenvalue weighted by atomic mass is 79.9. The first-order valence-corrected chi connectivity index (χ1v) is 7.92. The summed E-state index contributed by atoms with van der Waals surface area (Å²) in [5.74, 6) is -0.368. The van der Waals surface area contributed by atoms with Gasteiger partial charge in [0.2, 0.25) is 0 Å². The highest BCUT2D eigenvalue weighted by molar-refractivity contribution is 9.10. The molecule has 1 aromatic rings. The Balaban J connectivity index is 2.92. The number of rotatable bonds is 6. The molecule has 0 aliphatic heterocycles. The Morgan fingerprint density at radius 1 is 1.38 bits per heavy atom. The molecule has 0 unspecified atom stereocenters. The van der Waals surface area contributed by atoms with Crippen molar-refractivity contribution in [3.8, 4) is 0 Å². The smallest absolute Gasteiger partial charge is 0.325 e. The van der Waals surface area contributed by atoms with Crippen molar-refractivity contribution >= 4 is 39.4 Å². The van der Waals surface area contributed by atoms with Crippen molar-refractivity contribution in [2.45, 2.75) is 20.8 Å². The Hall–Kier alpha value is -1.07. The van der Waals surface area contributed by atoms with Crippen molar-refractivity contribution in [3.05, 3.63) is 33.3 Å². The summed E-state index contributed by atoms with van der Waals surface area (Å²) in [5, 5.41) is 0.535. The van der Waals surface area contributed by atoms with E-state index in [-0.39, 0.29) is 18.4 Å². The average Bonchev–Trinajstić information content (AvgIpc) is 2.40. The van der Waals surface area contributed by atoms with Gasteiger partial charge >= 0.3 is 5.97 Å². The van der Waals surface area contributed by atoms with Crippen molar-refractivity contribution in [2.24, 2.45) is 5.92 Å². The minimum atomic E-state index is -0.403. The lowest BCUT2D eigenvalue weighted by Crippen LogP contribution is -2.39. The first-order valence-electron chi connectivity index (χ1n) is 6.75. The molecule has 6 heteroatoms. The molecule has 0 aliphatic carbocycles. The van der Waals surface area contributed by atoms with Crippen LogP contribution in [-0.2, 0) is 9.53 Å². The van der Waals surface area contributed by atoms with Crippen LogP contribution in [0.1, 0.15) is 31.1 Å². The molecule has 0 bridgehead atoms. The minimum Gasteiger partial charge on any atom is -0.465 e. The van der Waals surface area contributed by atoms with Crippen LogP contribution in [0.25, 0.3) is 0 Å². The number of ether oxygens (including phenoxy) is 1. The third-order valence-corrected chi connectivity index (χ3v) is 3.88. The number of amides is 1. The molecule has 0 fully saturated rings. The van der Waals surface area contributed by atoms with Crippen LogP contribution in [0, 0.1) is 5.92 Å². The molecule has 0 heterocycles. The van der Waals surface area contributed by atoms with Gasteiger partial charge in [0.15, 0.2) is 0 Å². The number of carbonyl (C=O) groups excluding carboxylic acids is 2. The van der Waals surface area contributed by atoms with E-state index in [9.17, 15) is 9.59 Å². The molecule has 1 aromatic carbocycles. The summed E-state index contributed by atoms with van der Waals surface area (Å²) in [6.07, 6.45) is 0. The summed E-state index contributed by atoms with van der Waals surface area (Å²) in [5.41, 5.74) is 0.483. The van der Waals surface area contributed by atoms with E-state index in [2.05, 4.69) is 15.9 Å². The van der Waals surface area contributed by atoms with E-state index in [1.54, 1.807) is 25.1 Å². The maximum absolute atomic E-state index is 12.5. The number of carbonyl (C=O) groups is 2. The summed E-state index contributed by atoms with van der Waals surface area (Å²) >= 11 is 9.22. The first-order chi connectivity index (χ1) is 9.85. The van der Waals surface area contributed by atoms with E-state index < -0.39 is 5.97 Å². The number of hydrogen-bond acceptors (Lipinski definition) is 3. The zero-order valence-corrected chi connectivity index (χ0v) is 14.7. The molecule has 1 amide bonds. The molecule has 0 N–H and O–H groups in total. The van der Waals surface area contributed by atoms with Crippen LogP contribution in [-0.4, -0.2) is 36.5 Å². The maximum Gasteiger partial charge on any atom is 0.325 e. The number of halogens is 2. The highest BCUT2D eigenvalue weighted by Crippen LogP contribution is 2.24. The van der Waals surface area contributed by atoms with Gasteiger partial charge in [-0.15, -0.1) is 0 Å². The Morgan fingerprint density at radius 3 is 2.57 bits per heavy atom. The van der Waals surface area contributed by atoms with Crippen LogP contribution in [0.3, 0.4) is 0 Å². The Bertz CT molecular complexity index is 520. The fourth-order valence-corrected chi connectivity index (χ4v) is 2.33. The Labute approximate surface area is 138 Å². The monoisotopic (exact) mass is 375 g/mol. The lowest BCUT2D eigenvalue weighted by Gasteiger charge is -2.23. The van der Waals surface area contributed by atoms with Crippen molar-refractivity contribution < 1.29 is 14.3 Å². The number of esters is 1. The topological polar surface area (TPSA) is 46.6 Å². The molecule has 0 spiro atoms. The predicted octanol–water partition coefficient (Wildman–Crippen LogP) is 3.76. The van der Waals surface area contributed by atoms with Gasteiger partial charge in [-0.05, 0) is 47.0 Å². The largest absolute Gasteiger partial charge is 0.465 e. The van der Waals surface area contributed by atoms with E-state index >= 15 is 0 Å². The number of nitrogens with zero attached hydrogens (tertiary/aromatic N) is 1. The molecule has 4 nitrogen and oxygen atoms in total. The van der Waals surface area contributed by atoms with Gasteiger partial charge in [-0.1, -0.05) is 25.4 Å². The first kappa shape index (κ1) is 18.0. The van der Waals surface area contributed by atoms with Gasteiger partial charge < -0.3 is 9.64 Å². The average molecular weight is 377 g/mol. The molecule has 0 aromatic heterocycles. The summed E-state index contributed by atoms with van der Waals surface area (Å²) in [6, 6.07) is 4.95. The van der Waals surface area contributed by atoms with Gasteiger partial charge in [-0.25, -0.2) is 0 Å². The van der Waals surface area contributed by atoms with Gasteiger partial charge in [-0.2, -0.15) is 0 Å². The number of hydrogen-bond donors (Lipinski definition) is 0. The summed E-state index contributed by atoms with van der Waals surface area (Å²) in [7, 11) is 0. The Kier molecular flexibility index (Phi) is 7.18. The van der Waals surface area contributed by atoms with Crippen LogP contribution in [0.5, 0.6) is 0 Å². The normalized spacial score (nSPS) is 10.6. The molecule has 0 saturated carbocycles. The zero-order chi connectivity index (χ0) is 16.0. The molecule has 0 atom stereocenters. The molecule has 21 heavy (non-hydrogen) atoms. The summed E-state index contributed by atoms with van der Waals surface area (Å²) in [6.45, 7) is 6.45. The molecule has 0 saturated heterocycles. The quantitative estimate of drug-likeness (QED) is 0.710. The second-order valence-corrected chi connectivity index (χ2v) is 6.27. The van der Waals surface area contributed by atoms with Crippen LogP contribution in [0.2, 0.25) is 5.02 Å². The summed E-state index contributed by atoms with van der Waals surface area (Å²) in [4.78, 5) is 25.7. The van der Waals surface area contributed by atoms with Crippen molar-refractivity contribution in [2.75, 3.05) is 19.7 Å². The van der Waals surface area contributed by atoms with Gasteiger partial charge in [0.25, 0.3) is 5.91 Å². The zero-order valence-electron chi connectivity index (χ0n) is 12.4. The second-order valence-electron chi connectivity index (χ2n) is 5.01. The van der Waals surface area contributed by atoms with Crippen LogP contribution in [0.4, 0.5) is 0 Å². The van der Waals surface area contributed by atoms with Gasteiger partial charge in [0.05, 0.1) is 11.6 Å². The number of benzene rings is 1. The van der Waals surface area contributed by atoms with E-state index in [0.29, 0.717) is 28.2 Å². The van der Waals surface area contributed by atoms with Crippen molar-refractivity contribution in [1.82, 2.24) is 4.90 Å². The van der Waals surface area contributed by atoms with Gasteiger partial charge in [0.1, 0.15) is 6.54 Å². The SMILES string of the molecule is CCOC(=O)CN(CC(C)C)C(=O)c1ccc(Cl)c(Br)c1.